The monoisotopic (exact) mass is 587 g/mol. The molecule has 8 nitrogen and oxygen atoms in total. The summed E-state index contributed by atoms with van der Waals surface area (Å²) >= 11 is 0. The third-order valence-electron chi connectivity index (χ3n) is 7.82. The number of hydrogen-bond donors (Lipinski definition) is 1. The Kier molecular flexibility index (Phi) is 8.76. The Balaban J connectivity index is 1.50. The van der Waals surface area contributed by atoms with Crippen molar-refractivity contribution in [3.63, 3.8) is 0 Å². The van der Waals surface area contributed by atoms with Gasteiger partial charge in [0.15, 0.2) is 0 Å². The van der Waals surface area contributed by atoms with Gasteiger partial charge in [0.2, 0.25) is 5.91 Å². The summed E-state index contributed by atoms with van der Waals surface area (Å²) in [5.41, 5.74) is 1.26. The number of alkyl halides is 3. The number of ether oxygens (including phenoxy) is 1. The molecule has 1 N–H and O–H groups in total. The molecule has 2 saturated heterocycles. The molecule has 0 spiro atoms. The van der Waals surface area contributed by atoms with E-state index in [9.17, 15) is 22.8 Å². The Morgan fingerprint density at radius 1 is 1.10 bits per heavy atom. The highest BCUT2D eigenvalue weighted by atomic mass is 19.4. The van der Waals surface area contributed by atoms with Gasteiger partial charge in [-0.1, -0.05) is 12.1 Å². The minimum absolute atomic E-state index is 0.0401. The van der Waals surface area contributed by atoms with E-state index in [1.54, 1.807) is 30.3 Å². The minimum atomic E-state index is -4.90. The van der Waals surface area contributed by atoms with Crippen LogP contribution < -0.4 is 10.2 Å². The van der Waals surface area contributed by atoms with Crippen LogP contribution in [0, 0.1) is 11.7 Å². The zero-order chi connectivity index (χ0) is 30.0. The van der Waals surface area contributed by atoms with E-state index >= 15 is 4.39 Å². The molecular weight excluding hydrogens is 554 g/mol. The number of halogens is 4. The number of likely N-dealkylation sites (N-methyl/N-ethyl adjacent to an activating group) is 1. The summed E-state index contributed by atoms with van der Waals surface area (Å²) in [7, 11) is 2.00. The van der Waals surface area contributed by atoms with E-state index < -0.39 is 35.3 Å². The van der Waals surface area contributed by atoms with Crippen molar-refractivity contribution in [1.82, 2.24) is 9.80 Å². The van der Waals surface area contributed by atoms with Gasteiger partial charge >= 0.3 is 6.18 Å². The lowest BCUT2D eigenvalue weighted by atomic mass is 9.95. The van der Waals surface area contributed by atoms with E-state index in [2.05, 4.69) is 25.0 Å². The van der Waals surface area contributed by atoms with Crippen molar-refractivity contribution in [3.05, 3.63) is 59.4 Å². The molecule has 5 rings (SSSR count). The summed E-state index contributed by atoms with van der Waals surface area (Å²) in [5.74, 6) is -4.33. The number of amides is 2. The van der Waals surface area contributed by atoms with Crippen LogP contribution in [0.3, 0.4) is 0 Å². The summed E-state index contributed by atoms with van der Waals surface area (Å²) in [4.78, 5) is 34.8. The number of nitrogens with one attached hydrogen (secondary N) is 1. The lowest BCUT2D eigenvalue weighted by molar-refractivity contribution is -0.124. The van der Waals surface area contributed by atoms with Crippen LogP contribution in [-0.4, -0.2) is 93.0 Å². The molecule has 2 amide bonds. The van der Waals surface area contributed by atoms with Crippen LogP contribution in [0.1, 0.15) is 12.5 Å². The van der Waals surface area contributed by atoms with Gasteiger partial charge in [-0.05, 0) is 49.4 Å². The molecule has 2 aromatic carbocycles. The van der Waals surface area contributed by atoms with Gasteiger partial charge in [0.05, 0.1) is 30.2 Å². The predicted molar refractivity (Wildman–Crippen MR) is 152 cm³/mol. The first kappa shape index (κ1) is 29.9. The Morgan fingerprint density at radius 2 is 1.86 bits per heavy atom. The van der Waals surface area contributed by atoms with E-state index in [-0.39, 0.29) is 11.7 Å². The van der Waals surface area contributed by atoms with E-state index in [0.29, 0.717) is 49.2 Å². The largest absolute Gasteiger partial charge is 0.414 e. The smallest absolute Gasteiger partial charge is 0.379 e. The molecule has 2 aromatic rings. The SMILES string of the molecule is C[C@H]1CN(C)CCN1c1ccc(-c2cc(CN3CCOCC3)ccc2F)cc1NC(=O)C1C=NC(=O)C=C1C(F)(F)F. The number of anilines is 2. The molecule has 0 saturated carbocycles. The number of benzene rings is 2. The van der Waals surface area contributed by atoms with Crippen LogP contribution in [0.5, 0.6) is 0 Å². The fourth-order valence-corrected chi connectivity index (χ4v) is 5.63. The maximum Gasteiger partial charge on any atom is 0.414 e. The van der Waals surface area contributed by atoms with Gasteiger partial charge in [0, 0.05) is 63.2 Å². The molecule has 0 radical (unpaired) electrons. The number of morpholine rings is 1. The second-order valence-electron chi connectivity index (χ2n) is 10.9. The van der Waals surface area contributed by atoms with Gasteiger partial charge in [0.1, 0.15) is 11.7 Å². The molecule has 224 valence electrons. The first-order valence-electron chi connectivity index (χ1n) is 13.9. The van der Waals surface area contributed by atoms with Crippen LogP contribution in [0.2, 0.25) is 0 Å². The van der Waals surface area contributed by atoms with Crippen molar-refractivity contribution >= 4 is 29.4 Å². The number of piperazine rings is 1. The van der Waals surface area contributed by atoms with Crippen molar-refractivity contribution in [2.45, 2.75) is 25.7 Å². The summed E-state index contributed by atoms with van der Waals surface area (Å²) in [6, 6.07) is 10.0. The first-order valence-corrected chi connectivity index (χ1v) is 13.9. The Morgan fingerprint density at radius 3 is 2.57 bits per heavy atom. The molecule has 0 bridgehead atoms. The first-order chi connectivity index (χ1) is 20.0. The quantitative estimate of drug-likeness (QED) is 0.513. The minimum Gasteiger partial charge on any atom is -0.379 e. The number of carbonyl (C=O) groups is 2. The average molecular weight is 588 g/mol. The van der Waals surface area contributed by atoms with Crippen LogP contribution >= 0.6 is 0 Å². The predicted octanol–water partition coefficient (Wildman–Crippen LogP) is 4.12. The van der Waals surface area contributed by atoms with Gasteiger partial charge in [-0.15, -0.1) is 0 Å². The Labute approximate surface area is 241 Å². The molecule has 3 aliphatic rings. The summed E-state index contributed by atoms with van der Waals surface area (Å²) in [6.07, 6.45) is -3.83. The molecule has 0 aromatic heterocycles. The van der Waals surface area contributed by atoms with Gasteiger partial charge in [0.25, 0.3) is 5.91 Å². The maximum absolute atomic E-state index is 15.2. The number of nitrogens with zero attached hydrogens (tertiary/aromatic N) is 4. The highest BCUT2D eigenvalue weighted by molar-refractivity contribution is 6.11. The highest BCUT2D eigenvalue weighted by Crippen LogP contribution is 2.37. The normalized spacial score (nSPS) is 22.3. The molecule has 12 heteroatoms. The topological polar surface area (TPSA) is 77.5 Å². The summed E-state index contributed by atoms with van der Waals surface area (Å²) < 4.78 is 61.8. The number of rotatable bonds is 6. The summed E-state index contributed by atoms with van der Waals surface area (Å²) in [5, 5.41) is 2.65. The highest BCUT2D eigenvalue weighted by Gasteiger charge is 2.43. The second kappa shape index (κ2) is 12.3. The lowest BCUT2D eigenvalue weighted by Gasteiger charge is -2.40. The van der Waals surface area contributed by atoms with Crippen LogP contribution in [-0.2, 0) is 20.9 Å². The number of dihydropyridines is 1. The zero-order valence-electron chi connectivity index (χ0n) is 23.5. The van der Waals surface area contributed by atoms with Crippen molar-refractivity contribution in [2.24, 2.45) is 10.9 Å². The third kappa shape index (κ3) is 6.71. The summed E-state index contributed by atoms with van der Waals surface area (Å²) in [6.45, 7) is 7.55. The molecule has 0 aliphatic carbocycles. The standard InChI is InChI=1S/C30H33F4N5O3/c1-19-17-37(2)7-8-39(19)27-6-4-21(22-13-20(3-5-25(22)31)18-38-9-11-42-12-10-38)14-26(27)36-29(41)23-16-35-28(40)15-24(23)30(32,33)34/h3-6,13-16,19,23H,7-12,17-18H2,1-2H3,(H,36,41)/t19-,23?/m0/s1. The van der Waals surface area contributed by atoms with Gasteiger partial charge < -0.3 is 19.9 Å². The Hall–Kier alpha value is -3.61. The maximum atomic E-state index is 15.2. The third-order valence-corrected chi connectivity index (χ3v) is 7.82. The van der Waals surface area contributed by atoms with Crippen molar-refractivity contribution in [1.29, 1.82) is 0 Å². The fraction of sp³-hybridized carbons (Fsp3) is 0.433. The van der Waals surface area contributed by atoms with Crippen molar-refractivity contribution in [2.75, 3.05) is 63.2 Å². The second-order valence-corrected chi connectivity index (χ2v) is 10.9. The molecule has 2 atom stereocenters. The average Bonchev–Trinajstić information content (AvgIpc) is 2.94. The van der Waals surface area contributed by atoms with Crippen LogP contribution in [0.4, 0.5) is 28.9 Å². The van der Waals surface area contributed by atoms with Gasteiger partial charge in [-0.25, -0.2) is 9.38 Å². The van der Waals surface area contributed by atoms with Crippen LogP contribution in [0.25, 0.3) is 11.1 Å². The molecule has 1 unspecified atom stereocenters. The molecule has 3 aliphatic heterocycles. The molecule has 2 fully saturated rings. The van der Waals surface area contributed by atoms with Crippen molar-refractivity contribution < 1.29 is 31.9 Å². The molecule has 3 heterocycles. The van der Waals surface area contributed by atoms with E-state index in [1.807, 2.05) is 14.0 Å². The number of aliphatic imine (C=N–C) groups is 1. The lowest BCUT2D eigenvalue weighted by Crippen LogP contribution is -2.50. The Bertz CT molecular complexity index is 1400. The molecular formula is C30H33F4N5O3. The van der Waals surface area contributed by atoms with Crippen LogP contribution in [0.15, 0.2) is 53.0 Å². The van der Waals surface area contributed by atoms with E-state index in [1.165, 1.54) is 6.07 Å². The van der Waals surface area contributed by atoms with Crippen molar-refractivity contribution in [3.8, 4) is 11.1 Å². The van der Waals surface area contributed by atoms with Gasteiger partial charge in [-0.2, -0.15) is 13.2 Å². The fourth-order valence-electron chi connectivity index (χ4n) is 5.63. The zero-order valence-corrected chi connectivity index (χ0v) is 23.5. The number of carbonyl (C=O) groups excluding carboxylic acids is 2. The molecule has 42 heavy (non-hydrogen) atoms. The van der Waals surface area contributed by atoms with Gasteiger partial charge in [-0.3, -0.25) is 14.5 Å². The van der Waals surface area contributed by atoms with E-state index in [4.69, 9.17) is 4.74 Å². The number of hydrogen-bond acceptors (Lipinski definition) is 6. The van der Waals surface area contributed by atoms with E-state index in [0.717, 1.165) is 38.0 Å².